The van der Waals surface area contributed by atoms with E-state index in [1.54, 1.807) is 0 Å². The van der Waals surface area contributed by atoms with Gasteiger partial charge in [-0.2, -0.15) is 0 Å². The number of hydrogen-bond acceptors (Lipinski definition) is 1. The van der Waals surface area contributed by atoms with Gasteiger partial charge in [-0.05, 0) is 34.8 Å². The van der Waals surface area contributed by atoms with E-state index in [0.29, 0.717) is 0 Å². The first-order chi connectivity index (χ1) is 17.2. The molecule has 0 bridgehead atoms. The molecule has 0 radical (unpaired) electrons. The summed E-state index contributed by atoms with van der Waals surface area (Å²) in [5.41, 5.74) is 7.43. The largest absolute Gasteiger partial charge is 0.293 e. The minimum Gasteiger partial charge on any atom is -0.293 e. The summed E-state index contributed by atoms with van der Waals surface area (Å²) in [5.74, 6) is -0.155. The molecular formula is C34H28O. The molecule has 5 rings (SSSR count). The molecule has 0 atom stereocenters. The van der Waals surface area contributed by atoms with Crippen LogP contribution in [-0.4, -0.2) is 5.78 Å². The number of carbonyl (C=O) groups excluding carboxylic acids is 1. The Labute approximate surface area is 207 Å². The van der Waals surface area contributed by atoms with Crippen LogP contribution < -0.4 is 0 Å². The summed E-state index contributed by atoms with van der Waals surface area (Å²) < 4.78 is 0. The third-order valence-corrected chi connectivity index (χ3v) is 6.73. The average molecular weight is 453 g/mol. The van der Waals surface area contributed by atoms with Crippen LogP contribution in [0, 0.1) is 0 Å². The Kier molecular flexibility index (Phi) is 6.68. The van der Waals surface area contributed by atoms with Gasteiger partial charge in [-0.3, -0.25) is 4.79 Å². The molecule has 0 fully saturated rings. The number of carbonyl (C=O) groups is 1. The molecule has 0 heterocycles. The maximum atomic E-state index is 14.2. The van der Waals surface area contributed by atoms with Crippen LogP contribution in [0.1, 0.15) is 41.0 Å². The van der Waals surface area contributed by atoms with E-state index in [1.807, 2.05) is 84.9 Å². The van der Waals surface area contributed by atoms with Gasteiger partial charge in [-0.15, -0.1) is 0 Å². The molecule has 1 nitrogen and oxygen atoms in total. The second-order valence-electron chi connectivity index (χ2n) is 8.91. The van der Waals surface area contributed by atoms with Gasteiger partial charge in [-0.25, -0.2) is 0 Å². The number of allylic oxidation sites excluding steroid dienone is 6. The fourth-order valence-corrected chi connectivity index (χ4v) is 5.06. The van der Waals surface area contributed by atoms with E-state index in [4.69, 9.17) is 0 Å². The molecule has 0 saturated carbocycles. The molecule has 0 unspecified atom stereocenters. The third-order valence-electron chi connectivity index (χ3n) is 6.73. The van der Waals surface area contributed by atoms with Crippen molar-refractivity contribution in [3.63, 3.8) is 0 Å². The van der Waals surface area contributed by atoms with Crippen LogP contribution in [0.3, 0.4) is 0 Å². The molecule has 1 aliphatic carbocycles. The maximum absolute atomic E-state index is 14.2. The Bertz CT molecular complexity index is 1300. The minimum absolute atomic E-state index is 0.0678. The fourth-order valence-electron chi connectivity index (χ4n) is 5.06. The minimum atomic E-state index is -0.349. The van der Waals surface area contributed by atoms with Crippen molar-refractivity contribution in [2.75, 3.05) is 0 Å². The Hall–Kier alpha value is -4.23. The van der Waals surface area contributed by atoms with Gasteiger partial charge in [0.1, 0.15) is 0 Å². The quantitative estimate of drug-likeness (QED) is 0.277. The first kappa shape index (κ1) is 22.6. The Morgan fingerprint density at radius 2 is 0.914 bits per heavy atom. The van der Waals surface area contributed by atoms with Crippen molar-refractivity contribution in [1.29, 1.82) is 0 Å². The van der Waals surface area contributed by atoms with Crippen LogP contribution >= 0.6 is 0 Å². The number of benzene rings is 4. The van der Waals surface area contributed by atoms with Crippen molar-refractivity contribution in [2.24, 2.45) is 0 Å². The molecule has 0 spiro atoms. The Balaban J connectivity index is 1.60. The van der Waals surface area contributed by atoms with E-state index < -0.39 is 0 Å². The first-order valence-electron chi connectivity index (χ1n) is 12.1. The lowest BCUT2D eigenvalue weighted by molar-refractivity contribution is -0.115. The third kappa shape index (κ3) is 4.72. The first-order valence-corrected chi connectivity index (χ1v) is 12.1. The van der Waals surface area contributed by atoms with Crippen LogP contribution in [0.4, 0.5) is 0 Å². The van der Waals surface area contributed by atoms with Gasteiger partial charge in [0.05, 0.1) is 5.92 Å². The lowest BCUT2D eigenvalue weighted by atomic mass is 9.79. The molecule has 0 aliphatic heterocycles. The van der Waals surface area contributed by atoms with Crippen LogP contribution in [0.25, 0.3) is 0 Å². The number of hydrogen-bond donors (Lipinski definition) is 0. The van der Waals surface area contributed by atoms with Gasteiger partial charge >= 0.3 is 0 Å². The van der Waals surface area contributed by atoms with E-state index in [9.17, 15) is 4.79 Å². The number of Topliss-reactive ketones (excluding diaryl/α,β-unsaturated/α-hetero) is 1. The second-order valence-corrected chi connectivity index (χ2v) is 8.91. The topological polar surface area (TPSA) is 17.1 Å². The van der Waals surface area contributed by atoms with Crippen molar-refractivity contribution in [3.05, 3.63) is 179 Å². The summed E-state index contributed by atoms with van der Waals surface area (Å²) in [5, 5.41) is 0. The smallest absolute Gasteiger partial charge is 0.175 e. The zero-order valence-electron chi connectivity index (χ0n) is 19.8. The Morgan fingerprint density at radius 1 is 0.543 bits per heavy atom. The fraction of sp³-hybridized carbons (Fsp3) is 0.0882. The Morgan fingerprint density at radius 3 is 1.31 bits per heavy atom. The van der Waals surface area contributed by atoms with Crippen LogP contribution in [0.15, 0.2) is 156 Å². The van der Waals surface area contributed by atoms with E-state index in [2.05, 4.69) is 61.5 Å². The van der Waals surface area contributed by atoms with Gasteiger partial charge < -0.3 is 0 Å². The summed E-state index contributed by atoms with van der Waals surface area (Å²) >= 11 is 0. The van der Waals surface area contributed by atoms with Crippen molar-refractivity contribution >= 4 is 5.78 Å². The van der Waals surface area contributed by atoms with E-state index >= 15 is 0 Å². The highest BCUT2D eigenvalue weighted by atomic mass is 16.1. The van der Waals surface area contributed by atoms with Crippen molar-refractivity contribution in [3.8, 4) is 0 Å². The maximum Gasteiger partial charge on any atom is 0.175 e. The highest BCUT2D eigenvalue weighted by Crippen LogP contribution is 2.39. The van der Waals surface area contributed by atoms with Crippen LogP contribution in [-0.2, 0) is 4.79 Å². The van der Waals surface area contributed by atoms with Crippen LogP contribution in [0.5, 0.6) is 0 Å². The normalized spacial score (nSPS) is 14.3. The van der Waals surface area contributed by atoms with E-state index in [1.165, 1.54) is 16.7 Å². The second kappa shape index (κ2) is 10.4. The van der Waals surface area contributed by atoms with Gasteiger partial charge in [0.15, 0.2) is 5.78 Å². The molecule has 35 heavy (non-hydrogen) atoms. The summed E-state index contributed by atoms with van der Waals surface area (Å²) in [4.78, 5) is 14.2. The number of ketones is 1. The molecule has 4 aromatic rings. The van der Waals surface area contributed by atoms with Gasteiger partial charge in [0.2, 0.25) is 0 Å². The monoisotopic (exact) mass is 452 g/mol. The predicted molar refractivity (Wildman–Crippen MR) is 144 cm³/mol. The predicted octanol–water partition coefficient (Wildman–Crippen LogP) is 8.03. The standard InChI is InChI=1S/C34H28O/c1-25(32(26-15-6-2-7-16-26)27-17-8-3-9-18-27)30-23-14-24-31(30)34(35)33(28-19-10-4-11-20-28)29-21-12-5-13-22-29/h2-24,32-33H,1H3/b30-25+. The summed E-state index contributed by atoms with van der Waals surface area (Å²) in [6.45, 7) is 2.16. The van der Waals surface area contributed by atoms with E-state index in [-0.39, 0.29) is 17.6 Å². The molecule has 1 aliphatic rings. The highest BCUT2D eigenvalue weighted by molar-refractivity contribution is 6.07. The molecule has 170 valence electrons. The van der Waals surface area contributed by atoms with Gasteiger partial charge in [0, 0.05) is 11.5 Å². The molecule has 0 amide bonds. The molecule has 0 N–H and O–H groups in total. The molecular weight excluding hydrogens is 424 g/mol. The molecule has 0 saturated heterocycles. The lowest BCUT2D eigenvalue weighted by Crippen LogP contribution is -2.18. The van der Waals surface area contributed by atoms with Crippen molar-refractivity contribution in [2.45, 2.75) is 18.8 Å². The summed E-state index contributed by atoms with van der Waals surface area (Å²) in [7, 11) is 0. The lowest BCUT2D eigenvalue weighted by Gasteiger charge is -2.23. The van der Waals surface area contributed by atoms with E-state index in [0.717, 1.165) is 22.3 Å². The zero-order valence-corrected chi connectivity index (χ0v) is 19.8. The highest BCUT2D eigenvalue weighted by Gasteiger charge is 2.30. The van der Waals surface area contributed by atoms with Crippen LogP contribution in [0.2, 0.25) is 0 Å². The molecule has 1 heteroatoms. The van der Waals surface area contributed by atoms with Crippen molar-refractivity contribution in [1.82, 2.24) is 0 Å². The molecule has 4 aromatic carbocycles. The zero-order chi connectivity index (χ0) is 24.0. The average Bonchev–Trinajstić information content (AvgIpc) is 3.42. The summed E-state index contributed by atoms with van der Waals surface area (Å²) in [6.07, 6.45) is 6.08. The SMILES string of the molecule is C/C(=C1/C=CC=C1C(=O)C(c1ccccc1)c1ccccc1)C(c1ccccc1)c1ccccc1. The van der Waals surface area contributed by atoms with Gasteiger partial charge in [-0.1, -0.05) is 145 Å². The number of rotatable bonds is 7. The molecule has 0 aromatic heterocycles. The summed E-state index contributed by atoms with van der Waals surface area (Å²) in [6, 6.07) is 41.3. The van der Waals surface area contributed by atoms with Crippen molar-refractivity contribution < 1.29 is 4.79 Å². The van der Waals surface area contributed by atoms with Gasteiger partial charge in [0.25, 0.3) is 0 Å².